The van der Waals surface area contributed by atoms with Crippen molar-refractivity contribution >= 4 is 49.9 Å². The lowest BCUT2D eigenvalue weighted by Crippen LogP contribution is -2.09. The van der Waals surface area contributed by atoms with Crippen LogP contribution in [0.2, 0.25) is 0 Å². The maximum absolute atomic E-state index is 12.8. The number of fused-ring (bicyclic) bond motifs is 2. The average molecular weight is 442 g/mol. The Morgan fingerprint density at radius 1 is 1.00 bits per heavy atom. The van der Waals surface area contributed by atoms with Gasteiger partial charge in [0.1, 0.15) is 0 Å². The molecular formula is C25H19N3O3S. The van der Waals surface area contributed by atoms with Gasteiger partial charge >= 0.3 is 5.97 Å². The number of thiophene rings is 1. The van der Waals surface area contributed by atoms with Gasteiger partial charge < -0.3 is 10.1 Å². The summed E-state index contributed by atoms with van der Waals surface area (Å²) in [4.78, 5) is 25.5. The summed E-state index contributed by atoms with van der Waals surface area (Å²) in [6.07, 6.45) is 0. The lowest BCUT2D eigenvalue weighted by atomic mass is 10.0. The molecule has 0 saturated heterocycles. The maximum atomic E-state index is 12.8. The molecule has 7 heteroatoms. The highest BCUT2D eigenvalue weighted by Gasteiger charge is 2.16. The first kappa shape index (κ1) is 20.0. The van der Waals surface area contributed by atoms with Crippen molar-refractivity contribution in [2.75, 3.05) is 11.9 Å². The van der Waals surface area contributed by atoms with Gasteiger partial charge in [0.25, 0.3) is 5.91 Å². The Hall–Kier alpha value is -3.97. The molecule has 0 aliphatic carbocycles. The maximum Gasteiger partial charge on any atom is 0.359 e. The minimum atomic E-state index is -0.447. The predicted octanol–water partition coefficient (Wildman–Crippen LogP) is 5.87. The first-order valence-corrected chi connectivity index (χ1v) is 11.0. The number of carbonyl (C=O) groups excluding carboxylic acids is 2. The van der Waals surface area contributed by atoms with E-state index in [2.05, 4.69) is 15.5 Å². The Kier molecular flexibility index (Phi) is 5.17. The monoisotopic (exact) mass is 441 g/mol. The van der Waals surface area contributed by atoms with Gasteiger partial charge in [-0.2, -0.15) is 5.10 Å². The van der Waals surface area contributed by atoms with Gasteiger partial charge in [-0.15, -0.1) is 11.3 Å². The molecule has 0 radical (unpaired) electrons. The number of esters is 1. The third kappa shape index (κ3) is 3.74. The van der Waals surface area contributed by atoms with Crippen LogP contribution >= 0.6 is 11.3 Å². The van der Waals surface area contributed by atoms with Crippen molar-refractivity contribution in [2.45, 2.75) is 6.92 Å². The molecule has 0 fully saturated rings. The molecule has 5 aromatic rings. The highest BCUT2D eigenvalue weighted by molar-refractivity contribution is 7.20. The Labute approximate surface area is 187 Å². The average Bonchev–Trinajstić information content (AvgIpc) is 3.43. The van der Waals surface area contributed by atoms with Gasteiger partial charge in [0.15, 0.2) is 5.69 Å². The molecular weight excluding hydrogens is 422 g/mol. The summed E-state index contributed by atoms with van der Waals surface area (Å²) in [7, 11) is 0. The molecule has 1 amide bonds. The minimum Gasteiger partial charge on any atom is -0.461 e. The van der Waals surface area contributed by atoms with Crippen molar-refractivity contribution in [1.82, 2.24) is 10.2 Å². The van der Waals surface area contributed by atoms with E-state index in [1.165, 1.54) is 11.3 Å². The van der Waals surface area contributed by atoms with E-state index in [9.17, 15) is 9.59 Å². The van der Waals surface area contributed by atoms with Crippen LogP contribution in [0.3, 0.4) is 0 Å². The second-order valence-electron chi connectivity index (χ2n) is 7.24. The molecule has 0 aliphatic heterocycles. The van der Waals surface area contributed by atoms with Crippen LogP contribution < -0.4 is 5.32 Å². The Morgan fingerprint density at radius 3 is 2.69 bits per heavy atom. The Balaban J connectivity index is 1.40. The standard InChI is InChI=1S/C25H19N3O3S/c1-2-31-25(30)23-19-11-10-16(13-20(19)27-28-23)15-7-5-8-18(12-15)26-24(29)22-14-17-6-3-4-9-21(17)32-22/h3-14H,2H2,1H3,(H,26,29)(H,27,28). The number of aromatic nitrogens is 2. The molecule has 0 spiro atoms. The third-order valence-corrected chi connectivity index (χ3v) is 6.25. The fourth-order valence-electron chi connectivity index (χ4n) is 3.62. The molecule has 2 heterocycles. The number of H-pyrrole nitrogens is 1. The van der Waals surface area contributed by atoms with E-state index < -0.39 is 5.97 Å². The molecule has 6 nitrogen and oxygen atoms in total. The number of aromatic amines is 1. The lowest BCUT2D eigenvalue weighted by Gasteiger charge is -2.07. The molecule has 0 atom stereocenters. The van der Waals surface area contributed by atoms with Crippen molar-refractivity contribution in [3.63, 3.8) is 0 Å². The minimum absolute atomic E-state index is 0.133. The van der Waals surface area contributed by atoms with Gasteiger partial charge in [0.05, 0.1) is 17.0 Å². The normalized spacial score (nSPS) is 11.0. The van der Waals surface area contributed by atoms with Gasteiger partial charge in [-0.1, -0.05) is 36.4 Å². The smallest absolute Gasteiger partial charge is 0.359 e. The van der Waals surface area contributed by atoms with Crippen LogP contribution in [0.5, 0.6) is 0 Å². The van der Waals surface area contributed by atoms with Gasteiger partial charge in [0, 0.05) is 15.8 Å². The Bertz CT molecular complexity index is 1430. The number of ether oxygens (including phenoxy) is 1. The first-order valence-electron chi connectivity index (χ1n) is 10.2. The quantitative estimate of drug-likeness (QED) is 0.334. The summed E-state index contributed by atoms with van der Waals surface area (Å²) in [5.41, 5.74) is 3.60. The summed E-state index contributed by atoms with van der Waals surface area (Å²) in [6, 6.07) is 23.2. The number of anilines is 1. The topological polar surface area (TPSA) is 84.1 Å². The van der Waals surface area contributed by atoms with Crippen molar-refractivity contribution < 1.29 is 14.3 Å². The van der Waals surface area contributed by atoms with Crippen LogP contribution in [0.1, 0.15) is 27.1 Å². The van der Waals surface area contributed by atoms with Crippen LogP contribution in [0, 0.1) is 0 Å². The number of hydrogen-bond donors (Lipinski definition) is 2. The summed E-state index contributed by atoms with van der Waals surface area (Å²) in [5.74, 6) is -0.580. The van der Waals surface area contributed by atoms with Crippen molar-refractivity contribution in [2.24, 2.45) is 0 Å². The highest BCUT2D eigenvalue weighted by Crippen LogP contribution is 2.29. The number of rotatable bonds is 5. The number of amides is 1. The molecule has 0 unspecified atom stereocenters. The number of nitrogens with one attached hydrogen (secondary N) is 2. The van der Waals surface area contributed by atoms with Crippen LogP contribution in [-0.4, -0.2) is 28.7 Å². The van der Waals surface area contributed by atoms with E-state index in [4.69, 9.17) is 4.74 Å². The SMILES string of the molecule is CCOC(=O)c1n[nH]c2cc(-c3cccc(NC(=O)c4cc5ccccc5s4)c3)ccc12. The zero-order valence-corrected chi connectivity index (χ0v) is 18.0. The van der Waals surface area contributed by atoms with E-state index in [-0.39, 0.29) is 11.6 Å². The summed E-state index contributed by atoms with van der Waals surface area (Å²) in [6.45, 7) is 2.06. The van der Waals surface area contributed by atoms with Crippen molar-refractivity contribution in [1.29, 1.82) is 0 Å². The van der Waals surface area contributed by atoms with Gasteiger partial charge in [-0.3, -0.25) is 9.89 Å². The molecule has 2 aromatic heterocycles. The summed E-state index contributed by atoms with van der Waals surface area (Å²) in [5, 5.41) is 11.8. The van der Waals surface area contributed by atoms with Crippen molar-refractivity contribution in [3.05, 3.63) is 83.4 Å². The van der Waals surface area contributed by atoms with Gasteiger partial charge in [-0.25, -0.2) is 4.79 Å². The third-order valence-electron chi connectivity index (χ3n) is 5.13. The molecule has 3 aromatic carbocycles. The molecule has 0 bridgehead atoms. The molecule has 0 aliphatic rings. The zero-order chi connectivity index (χ0) is 22.1. The molecule has 0 saturated carbocycles. The fourth-order valence-corrected chi connectivity index (χ4v) is 4.58. The van der Waals surface area contributed by atoms with E-state index in [0.717, 1.165) is 26.7 Å². The summed E-state index contributed by atoms with van der Waals surface area (Å²) < 4.78 is 6.14. The number of nitrogens with zero attached hydrogens (tertiary/aromatic N) is 1. The molecule has 5 rings (SSSR count). The summed E-state index contributed by atoms with van der Waals surface area (Å²) >= 11 is 1.47. The van der Waals surface area contributed by atoms with Crippen LogP contribution in [0.15, 0.2) is 72.8 Å². The van der Waals surface area contributed by atoms with Crippen LogP contribution in [-0.2, 0) is 4.74 Å². The van der Waals surface area contributed by atoms with E-state index >= 15 is 0 Å². The van der Waals surface area contributed by atoms with Gasteiger partial charge in [0.2, 0.25) is 0 Å². The number of carbonyl (C=O) groups is 2. The molecule has 2 N–H and O–H groups in total. The van der Waals surface area contributed by atoms with Crippen LogP contribution in [0.25, 0.3) is 32.1 Å². The largest absolute Gasteiger partial charge is 0.461 e. The fraction of sp³-hybridized carbons (Fsp3) is 0.0800. The zero-order valence-electron chi connectivity index (χ0n) is 17.2. The number of hydrogen-bond acceptors (Lipinski definition) is 5. The number of benzene rings is 3. The lowest BCUT2D eigenvalue weighted by molar-refractivity contribution is 0.0521. The van der Waals surface area contributed by atoms with Gasteiger partial charge in [-0.05, 0) is 59.8 Å². The Morgan fingerprint density at radius 2 is 1.84 bits per heavy atom. The van der Waals surface area contributed by atoms with E-state index in [1.807, 2.05) is 72.8 Å². The second kappa shape index (κ2) is 8.28. The second-order valence-corrected chi connectivity index (χ2v) is 8.32. The molecule has 158 valence electrons. The van der Waals surface area contributed by atoms with E-state index in [1.54, 1.807) is 6.92 Å². The highest BCUT2D eigenvalue weighted by atomic mass is 32.1. The predicted molar refractivity (Wildman–Crippen MR) is 127 cm³/mol. The molecule has 32 heavy (non-hydrogen) atoms. The first-order chi connectivity index (χ1) is 15.6. The van der Waals surface area contributed by atoms with Crippen molar-refractivity contribution in [3.8, 4) is 11.1 Å². The van der Waals surface area contributed by atoms with Crippen LogP contribution in [0.4, 0.5) is 5.69 Å². The van der Waals surface area contributed by atoms with E-state index in [0.29, 0.717) is 22.6 Å².